The Bertz CT molecular complexity index is 318. The van der Waals surface area contributed by atoms with Crippen LogP contribution in [0.4, 0.5) is 0 Å². The van der Waals surface area contributed by atoms with E-state index in [-0.39, 0.29) is 0 Å². The van der Waals surface area contributed by atoms with E-state index in [0.717, 1.165) is 12.0 Å². The average Bonchev–Trinajstić information content (AvgIpc) is 2.27. The number of rotatable bonds is 3. The van der Waals surface area contributed by atoms with Crippen LogP contribution in [0.5, 0.6) is 0 Å². The fourth-order valence-corrected chi connectivity index (χ4v) is 1.34. The fraction of sp³-hybridized carbons (Fsp3) is 0.385. The van der Waals surface area contributed by atoms with Gasteiger partial charge in [-0.15, -0.1) is 6.42 Å². The topological polar surface area (TPSA) is 20.2 Å². The monoisotopic (exact) mass is 188 g/mol. The molecule has 14 heavy (non-hydrogen) atoms. The van der Waals surface area contributed by atoms with Gasteiger partial charge in [0.1, 0.15) is 6.10 Å². The van der Waals surface area contributed by atoms with Crippen molar-refractivity contribution in [2.75, 3.05) is 0 Å². The molecule has 1 heteroatoms. The van der Waals surface area contributed by atoms with Gasteiger partial charge < -0.3 is 5.11 Å². The van der Waals surface area contributed by atoms with Gasteiger partial charge in [-0.3, -0.25) is 0 Å². The zero-order valence-electron chi connectivity index (χ0n) is 8.70. The maximum absolute atomic E-state index is 9.38. The van der Waals surface area contributed by atoms with Crippen LogP contribution in [0.15, 0.2) is 24.3 Å². The third-order valence-electron chi connectivity index (χ3n) is 2.59. The molecule has 74 valence electrons. The minimum Gasteiger partial charge on any atom is -0.376 e. The lowest BCUT2D eigenvalue weighted by Gasteiger charge is -2.10. The Balaban J connectivity index is 2.84. The molecule has 0 amide bonds. The SMILES string of the molecule is C#CC(O)c1ccc(C(C)CC)cc1. The summed E-state index contributed by atoms with van der Waals surface area (Å²) in [6.45, 7) is 4.35. The summed E-state index contributed by atoms with van der Waals surface area (Å²) in [5, 5.41) is 9.38. The predicted octanol–water partition coefficient (Wildman–Crippen LogP) is 2.87. The van der Waals surface area contributed by atoms with E-state index in [4.69, 9.17) is 6.42 Å². The van der Waals surface area contributed by atoms with Crippen LogP contribution in [-0.4, -0.2) is 5.11 Å². The van der Waals surface area contributed by atoms with Crippen LogP contribution >= 0.6 is 0 Å². The van der Waals surface area contributed by atoms with E-state index in [9.17, 15) is 5.11 Å². The van der Waals surface area contributed by atoms with E-state index in [1.807, 2.05) is 24.3 Å². The van der Waals surface area contributed by atoms with Crippen LogP contribution in [0.1, 0.15) is 43.4 Å². The smallest absolute Gasteiger partial charge is 0.139 e. The number of aliphatic hydroxyl groups is 1. The van der Waals surface area contributed by atoms with E-state index in [0.29, 0.717) is 5.92 Å². The quantitative estimate of drug-likeness (QED) is 0.723. The highest BCUT2D eigenvalue weighted by Gasteiger charge is 2.05. The van der Waals surface area contributed by atoms with Crippen molar-refractivity contribution in [1.82, 2.24) is 0 Å². The molecule has 1 rings (SSSR count). The van der Waals surface area contributed by atoms with Gasteiger partial charge in [-0.1, -0.05) is 44.0 Å². The Morgan fingerprint density at radius 3 is 2.21 bits per heavy atom. The fourth-order valence-electron chi connectivity index (χ4n) is 1.34. The minimum absolute atomic E-state index is 0.562. The standard InChI is InChI=1S/C13H16O/c1-4-10(3)11-6-8-12(9-7-11)13(14)5-2/h2,6-10,13-14H,4H2,1,3H3. The largest absolute Gasteiger partial charge is 0.376 e. The highest BCUT2D eigenvalue weighted by atomic mass is 16.3. The van der Waals surface area contributed by atoms with E-state index in [1.54, 1.807) is 0 Å². The van der Waals surface area contributed by atoms with Crippen molar-refractivity contribution < 1.29 is 5.11 Å². The zero-order chi connectivity index (χ0) is 10.6. The van der Waals surface area contributed by atoms with Crippen molar-refractivity contribution in [2.24, 2.45) is 0 Å². The zero-order valence-corrected chi connectivity index (χ0v) is 8.70. The molecule has 0 aliphatic carbocycles. The van der Waals surface area contributed by atoms with Crippen LogP contribution < -0.4 is 0 Å². The number of terminal acetylenes is 1. The first-order valence-electron chi connectivity index (χ1n) is 4.93. The number of hydrogen-bond donors (Lipinski definition) is 1. The average molecular weight is 188 g/mol. The molecule has 1 N–H and O–H groups in total. The molecule has 0 radical (unpaired) electrons. The highest BCUT2D eigenvalue weighted by Crippen LogP contribution is 2.20. The summed E-state index contributed by atoms with van der Waals surface area (Å²) in [4.78, 5) is 0. The van der Waals surface area contributed by atoms with Gasteiger partial charge in [-0.25, -0.2) is 0 Å². The van der Waals surface area contributed by atoms with Gasteiger partial charge in [0.25, 0.3) is 0 Å². The summed E-state index contributed by atoms with van der Waals surface area (Å²) in [6.07, 6.45) is 5.47. The molecule has 2 unspecified atom stereocenters. The third-order valence-corrected chi connectivity index (χ3v) is 2.59. The summed E-state index contributed by atoms with van der Waals surface area (Å²) < 4.78 is 0. The minimum atomic E-state index is -0.777. The molecule has 1 aromatic rings. The van der Waals surface area contributed by atoms with Crippen LogP contribution in [0.3, 0.4) is 0 Å². The Kier molecular flexibility index (Phi) is 3.73. The molecule has 1 nitrogen and oxygen atoms in total. The molecule has 0 bridgehead atoms. The maximum atomic E-state index is 9.38. The lowest BCUT2D eigenvalue weighted by Crippen LogP contribution is -1.95. The molecule has 0 heterocycles. The van der Waals surface area contributed by atoms with Gasteiger partial charge in [0, 0.05) is 0 Å². The van der Waals surface area contributed by atoms with E-state index < -0.39 is 6.10 Å². The molecule has 1 aromatic carbocycles. The number of hydrogen-bond acceptors (Lipinski definition) is 1. The van der Waals surface area contributed by atoms with Gasteiger partial charge in [0.2, 0.25) is 0 Å². The Morgan fingerprint density at radius 1 is 1.29 bits per heavy atom. The van der Waals surface area contributed by atoms with Gasteiger partial charge in [-0.2, -0.15) is 0 Å². The van der Waals surface area contributed by atoms with E-state index in [1.165, 1.54) is 5.56 Å². The van der Waals surface area contributed by atoms with Crippen molar-refractivity contribution in [3.63, 3.8) is 0 Å². The van der Waals surface area contributed by atoms with E-state index in [2.05, 4.69) is 19.8 Å². The molecule has 2 atom stereocenters. The first-order chi connectivity index (χ1) is 6.69. The molecule has 0 saturated heterocycles. The Morgan fingerprint density at radius 2 is 1.79 bits per heavy atom. The van der Waals surface area contributed by atoms with Crippen molar-refractivity contribution >= 4 is 0 Å². The van der Waals surface area contributed by atoms with Crippen molar-refractivity contribution in [3.8, 4) is 12.3 Å². The summed E-state index contributed by atoms with van der Waals surface area (Å²) in [7, 11) is 0. The van der Waals surface area contributed by atoms with Gasteiger partial charge in [-0.05, 0) is 23.5 Å². The third kappa shape index (κ3) is 2.37. The second-order valence-electron chi connectivity index (χ2n) is 3.55. The molecular formula is C13H16O. The number of aliphatic hydroxyl groups excluding tert-OH is 1. The summed E-state index contributed by atoms with van der Waals surface area (Å²) in [5.41, 5.74) is 2.08. The molecule has 0 spiro atoms. The van der Waals surface area contributed by atoms with Gasteiger partial charge >= 0.3 is 0 Å². The van der Waals surface area contributed by atoms with Gasteiger partial charge in [0.05, 0.1) is 0 Å². The van der Waals surface area contributed by atoms with Crippen LogP contribution in [0.2, 0.25) is 0 Å². The van der Waals surface area contributed by atoms with E-state index >= 15 is 0 Å². The van der Waals surface area contributed by atoms with Crippen molar-refractivity contribution in [3.05, 3.63) is 35.4 Å². The Labute approximate surface area is 85.8 Å². The number of benzene rings is 1. The molecule has 0 aromatic heterocycles. The molecule has 0 fully saturated rings. The predicted molar refractivity (Wildman–Crippen MR) is 58.9 cm³/mol. The first-order valence-corrected chi connectivity index (χ1v) is 4.93. The molecule has 0 aliphatic heterocycles. The van der Waals surface area contributed by atoms with Crippen LogP contribution in [0, 0.1) is 12.3 Å². The Hall–Kier alpha value is -1.26. The molecular weight excluding hydrogens is 172 g/mol. The summed E-state index contributed by atoms with van der Waals surface area (Å²) in [5.74, 6) is 2.86. The van der Waals surface area contributed by atoms with Gasteiger partial charge in [0.15, 0.2) is 0 Å². The maximum Gasteiger partial charge on any atom is 0.139 e. The second-order valence-corrected chi connectivity index (χ2v) is 3.55. The van der Waals surface area contributed by atoms with Crippen molar-refractivity contribution in [2.45, 2.75) is 32.3 Å². The summed E-state index contributed by atoms with van der Waals surface area (Å²) in [6, 6.07) is 7.85. The molecule has 0 saturated carbocycles. The first kappa shape index (κ1) is 10.8. The van der Waals surface area contributed by atoms with Crippen molar-refractivity contribution in [1.29, 1.82) is 0 Å². The summed E-state index contributed by atoms with van der Waals surface area (Å²) >= 11 is 0. The molecule has 0 aliphatic rings. The highest BCUT2D eigenvalue weighted by molar-refractivity contribution is 5.29. The lowest BCUT2D eigenvalue weighted by molar-refractivity contribution is 0.238. The normalized spacial score (nSPS) is 14.4. The van der Waals surface area contributed by atoms with Crippen LogP contribution in [-0.2, 0) is 0 Å². The van der Waals surface area contributed by atoms with Crippen LogP contribution in [0.25, 0.3) is 0 Å². The lowest BCUT2D eigenvalue weighted by atomic mass is 9.97. The second kappa shape index (κ2) is 4.83.